The molecular formula is C25H42N6O5S. The lowest BCUT2D eigenvalue weighted by Crippen LogP contribution is -2.46. The zero-order valence-electron chi connectivity index (χ0n) is 22.9. The SMILES string of the molecule is CC(=O)N(C)CCN(C)S(=O)(=O)NC(=O)Nc1c2c(cc3c1CCC3)CCC2.CNCCN(C)C(C)=O. The zero-order chi connectivity index (χ0) is 27.8. The maximum absolute atomic E-state index is 12.5. The third-order valence-corrected chi connectivity index (χ3v) is 8.31. The second kappa shape index (κ2) is 13.7. The van der Waals surface area contributed by atoms with Crippen LogP contribution >= 0.6 is 0 Å². The van der Waals surface area contributed by atoms with Crippen LogP contribution in [0.15, 0.2) is 6.07 Å². The number of benzene rings is 1. The predicted molar refractivity (Wildman–Crippen MR) is 145 cm³/mol. The first-order valence-electron chi connectivity index (χ1n) is 12.7. The van der Waals surface area contributed by atoms with Gasteiger partial charge in [0.2, 0.25) is 11.8 Å². The Morgan fingerprint density at radius 1 is 0.838 bits per heavy atom. The van der Waals surface area contributed by atoms with E-state index in [2.05, 4.69) is 21.4 Å². The number of anilines is 1. The van der Waals surface area contributed by atoms with E-state index >= 15 is 0 Å². The Kier molecular flexibility index (Phi) is 11.3. The van der Waals surface area contributed by atoms with Gasteiger partial charge in [-0.15, -0.1) is 0 Å². The number of aryl methyl sites for hydroxylation is 2. The highest BCUT2D eigenvalue weighted by molar-refractivity contribution is 7.87. The lowest BCUT2D eigenvalue weighted by Gasteiger charge is -2.22. The number of hydrogen-bond acceptors (Lipinski definition) is 6. The second-order valence-corrected chi connectivity index (χ2v) is 11.4. The molecule has 0 saturated heterocycles. The molecule has 208 valence electrons. The molecule has 1 aromatic rings. The molecule has 1 aromatic carbocycles. The Hall–Kier alpha value is -2.70. The van der Waals surface area contributed by atoms with Crippen LogP contribution in [0.2, 0.25) is 0 Å². The average Bonchev–Trinajstić information content (AvgIpc) is 3.49. The predicted octanol–water partition coefficient (Wildman–Crippen LogP) is 1.12. The van der Waals surface area contributed by atoms with Crippen molar-refractivity contribution >= 4 is 33.7 Å². The van der Waals surface area contributed by atoms with Crippen molar-refractivity contribution in [3.05, 3.63) is 28.3 Å². The molecule has 0 aromatic heterocycles. The summed E-state index contributed by atoms with van der Waals surface area (Å²) in [5.74, 6) is -0.0338. The van der Waals surface area contributed by atoms with Crippen molar-refractivity contribution in [2.45, 2.75) is 52.4 Å². The summed E-state index contributed by atoms with van der Waals surface area (Å²) in [4.78, 5) is 37.4. The van der Waals surface area contributed by atoms with E-state index < -0.39 is 16.2 Å². The Morgan fingerprint density at radius 3 is 1.84 bits per heavy atom. The van der Waals surface area contributed by atoms with Crippen molar-refractivity contribution in [2.75, 3.05) is 59.7 Å². The summed E-state index contributed by atoms with van der Waals surface area (Å²) in [6.45, 7) is 4.96. The normalized spacial score (nSPS) is 13.8. The number of nitrogens with zero attached hydrogens (tertiary/aromatic N) is 3. The van der Waals surface area contributed by atoms with E-state index in [1.165, 1.54) is 30.0 Å². The summed E-state index contributed by atoms with van der Waals surface area (Å²) in [7, 11) is 2.64. The molecule has 0 atom stereocenters. The van der Waals surface area contributed by atoms with Gasteiger partial charge in [0.05, 0.1) is 0 Å². The van der Waals surface area contributed by atoms with E-state index in [4.69, 9.17) is 0 Å². The fourth-order valence-electron chi connectivity index (χ4n) is 4.31. The van der Waals surface area contributed by atoms with Gasteiger partial charge in [-0.1, -0.05) is 6.07 Å². The van der Waals surface area contributed by atoms with Crippen LogP contribution in [0.25, 0.3) is 0 Å². The number of likely N-dealkylation sites (N-methyl/N-ethyl adjacent to an activating group) is 4. The van der Waals surface area contributed by atoms with Crippen molar-refractivity contribution in [1.82, 2.24) is 24.1 Å². The fraction of sp³-hybridized carbons (Fsp3) is 0.640. The summed E-state index contributed by atoms with van der Waals surface area (Å²) in [5.41, 5.74) is 5.62. The zero-order valence-corrected chi connectivity index (χ0v) is 23.8. The van der Waals surface area contributed by atoms with Gasteiger partial charge >= 0.3 is 16.2 Å². The molecule has 3 rings (SSSR count). The topological polar surface area (TPSA) is 131 Å². The first kappa shape index (κ1) is 30.5. The van der Waals surface area contributed by atoms with Gasteiger partial charge in [-0.05, 0) is 67.8 Å². The van der Waals surface area contributed by atoms with Crippen molar-refractivity contribution in [2.24, 2.45) is 0 Å². The fourth-order valence-corrected chi connectivity index (χ4v) is 5.07. The second-order valence-electron chi connectivity index (χ2n) is 9.60. The molecule has 0 aliphatic heterocycles. The molecule has 0 bridgehead atoms. The van der Waals surface area contributed by atoms with Crippen LogP contribution in [0.5, 0.6) is 0 Å². The quantitative estimate of drug-likeness (QED) is 0.432. The smallest absolute Gasteiger partial charge is 0.333 e. The minimum Gasteiger partial charge on any atom is -0.345 e. The van der Waals surface area contributed by atoms with Crippen LogP contribution in [0, 0.1) is 0 Å². The van der Waals surface area contributed by atoms with Crippen molar-refractivity contribution in [1.29, 1.82) is 0 Å². The summed E-state index contributed by atoms with van der Waals surface area (Å²) in [5, 5.41) is 5.78. The minimum atomic E-state index is -4.00. The van der Waals surface area contributed by atoms with Crippen LogP contribution in [-0.2, 0) is 45.5 Å². The van der Waals surface area contributed by atoms with Gasteiger partial charge < -0.3 is 20.4 Å². The van der Waals surface area contributed by atoms with Crippen molar-refractivity contribution in [3.63, 3.8) is 0 Å². The lowest BCUT2D eigenvalue weighted by atomic mass is 9.99. The number of amides is 4. The summed E-state index contributed by atoms with van der Waals surface area (Å²) in [6.07, 6.45) is 5.93. The van der Waals surface area contributed by atoms with Crippen LogP contribution in [0.1, 0.15) is 48.9 Å². The van der Waals surface area contributed by atoms with Crippen LogP contribution in [0.3, 0.4) is 0 Å². The summed E-state index contributed by atoms with van der Waals surface area (Å²) >= 11 is 0. The Morgan fingerprint density at radius 2 is 1.35 bits per heavy atom. The number of carbonyl (C=O) groups excluding carboxylic acids is 3. The summed E-state index contributed by atoms with van der Waals surface area (Å²) in [6, 6.07) is 1.50. The number of fused-ring (bicyclic) bond motifs is 2. The summed E-state index contributed by atoms with van der Waals surface area (Å²) < 4.78 is 28.0. The molecule has 0 radical (unpaired) electrons. The van der Waals surface area contributed by atoms with Gasteiger partial charge in [-0.2, -0.15) is 12.7 Å². The highest BCUT2D eigenvalue weighted by atomic mass is 32.2. The highest BCUT2D eigenvalue weighted by Gasteiger charge is 2.27. The van der Waals surface area contributed by atoms with Gasteiger partial charge in [-0.25, -0.2) is 9.52 Å². The monoisotopic (exact) mass is 538 g/mol. The Balaban J connectivity index is 0.000000458. The van der Waals surface area contributed by atoms with E-state index in [-0.39, 0.29) is 24.9 Å². The molecule has 0 saturated carbocycles. The van der Waals surface area contributed by atoms with E-state index in [1.807, 2.05) is 7.05 Å². The van der Waals surface area contributed by atoms with Crippen molar-refractivity contribution in [3.8, 4) is 0 Å². The lowest BCUT2D eigenvalue weighted by molar-refractivity contribution is -0.128. The largest absolute Gasteiger partial charge is 0.345 e. The first-order valence-corrected chi connectivity index (χ1v) is 14.1. The number of hydrogen-bond donors (Lipinski definition) is 3. The van der Waals surface area contributed by atoms with Gasteiger partial charge in [-0.3, -0.25) is 9.59 Å². The van der Waals surface area contributed by atoms with E-state index in [0.717, 1.165) is 72.7 Å². The standard InChI is InChI=1S/C19H28N4O4S.C6H14N2O/c1-13(24)22(2)10-11-23(3)28(26,27)21-19(25)20-18-16-8-4-6-14(16)12-15-7-5-9-17(15)18;1-6(9)8(3)5-4-7-2/h12H,4-11H2,1-3H3,(H2,20,21,25);7H,4-5H2,1-3H3. The Labute approximate surface area is 221 Å². The molecule has 0 unspecified atom stereocenters. The Bertz CT molecular complexity index is 1060. The molecule has 3 N–H and O–H groups in total. The first-order chi connectivity index (χ1) is 17.4. The maximum Gasteiger partial charge on any atom is 0.333 e. The molecule has 0 spiro atoms. The molecule has 4 amide bonds. The maximum atomic E-state index is 12.5. The molecule has 37 heavy (non-hydrogen) atoms. The van der Waals surface area contributed by atoms with Crippen LogP contribution < -0.4 is 15.4 Å². The van der Waals surface area contributed by atoms with Crippen molar-refractivity contribution < 1.29 is 22.8 Å². The highest BCUT2D eigenvalue weighted by Crippen LogP contribution is 2.38. The molecule has 12 heteroatoms. The van der Waals surface area contributed by atoms with Crippen LogP contribution in [-0.4, -0.2) is 94.7 Å². The molecule has 2 aliphatic carbocycles. The van der Waals surface area contributed by atoms with Gasteiger partial charge in [0.15, 0.2) is 0 Å². The van der Waals surface area contributed by atoms with Gasteiger partial charge in [0.25, 0.3) is 0 Å². The van der Waals surface area contributed by atoms with Gasteiger partial charge in [0.1, 0.15) is 0 Å². The van der Waals surface area contributed by atoms with E-state index in [9.17, 15) is 22.8 Å². The van der Waals surface area contributed by atoms with Gasteiger partial charge in [0, 0.05) is 66.9 Å². The number of urea groups is 1. The molecule has 0 fully saturated rings. The molecular weight excluding hydrogens is 496 g/mol. The minimum absolute atomic E-state index is 0.0921. The third kappa shape index (κ3) is 8.68. The number of nitrogens with one attached hydrogen (secondary N) is 3. The third-order valence-electron chi connectivity index (χ3n) is 6.87. The van der Waals surface area contributed by atoms with E-state index in [0.29, 0.717) is 0 Å². The molecule has 2 aliphatic rings. The average molecular weight is 539 g/mol. The number of rotatable bonds is 9. The number of carbonyl (C=O) groups is 3. The molecule has 0 heterocycles. The van der Waals surface area contributed by atoms with Crippen LogP contribution in [0.4, 0.5) is 10.5 Å². The molecule has 11 nitrogen and oxygen atoms in total. The van der Waals surface area contributed by atoms with E-state index in [1.54, 1.807) is 25.9 Å².